The van der Waals surface area contributed by atoms with E-state index < -0.39 is 0 Å². The zero-order valence-electron chi connectivity index (χ0n) is 16.9. The lowest BCUT2D eigenvalue weighted by molar-refractivity contribution is 0.0787. The van der Waals surface area contributed by atoms with Gasteiger partial charge in [0.2, 0.25) is 0 Å². The third-order valence-corrected chi connectivity index (χ3v) is 5.16. The fourth-order valence-electron chi connectivity index (χ4n) is 3.57. The van der Waals surface area contributed by atoms with Crippen LogP contribution < -0.4 is 0 Å². The molecule has 0 aliphatic carbocycles. The van der Waals surface area contributed by atoms with E-state index in [1.165, 1.54) is 11.1 Å². The molecule has 144 valence electrons. The van der Waals surface area contributed by atoms with Crippen molar-refractivity contribution in [2.45, 2.75) is 20.4 Å². The molecule has 0 unspecified atom stereocenters. The summed E-state index contributed by atoms with van der Waals surface area (Å²) < 4.78 is 0. The van der Waals surface area contributed by atoms with Gasteiger partial charge in [0.25, 0.3) is 5.91 Å². The maximum atomic E-state index is 13.4. The van der Waals surface area contributed by atoms with Crippen molar-refractivity contribution in [3.8, 4) is 11.3 Å². The number of nitrogens with zero attached hydrogens (tertiary/aromatic N) is 3. The van der Waals surface area contributed by atoms with E-state index in [1.54, 1.807) is 17.3 Å². The number of carbonyl (C=O) groups excluding carboxylic acids is 1. The van der Waals surface area contributed by atoms with E-state index in [2.05, 4.69) is 37.0 Å². The Bertz CT molecular complexity index is 1190. The number of aromatic nitrogens is 2. The van der Waals surface area contributed by atoms with Crippen LogP contribution in [0.2, 0.25) is 0 Å². The molecule has 4 heteroatoms. The van der Waals surface area contributed by atoms with Crippen LogP contribution in [0.25, 0.3) is 22.2 Å². The van der Waals surface area contributed by atoms with Crippen molar-refractivity contribution in [3.63, 3.8) is 0 Å². The summed E-state index contributed by atoms with van der Waals surface area (Å²) in [5.74, 6) is -0.0197. The molecule has 2 aromatic heterocycles. The summed E-state index contributed by atoms with van der Waals surface area (Å²) in [6, 6.07) is 19.8. The predicted molar refractivity (Wildman–Crippen MR) is 117 cm³/mol. The van der Waals surface area contributed by atoms with Crippen molar-refractivity contribution in [3.05, 3.63) is 95.3 Å². The average Bonchev–Trinajstić information content (AvgIpc) is 2.75. The minimum absolute atomic E-state index is 0.0197. The Kier molecular flexibility index (Phi) is 5.09. The van der Waals surface area contributed by atoms with Crippen LogP contribution in [0.4, 0.5) is 0 Å². The van der Waals surface area contributed by atoms with Crippen LogP contribution in [0.3, 0.4) is 0 Å². The van der Waals surface area contributed by atoms with Gasteiger partial charge < -0.3 is 4.90 Å². The number of pyridine rings is 2. The molecule has 0 saturated carbocycles. The minimum atomic E-state index is -0.0197. The van der Waals surface area contributed by atoms with Crippen molar-refractivity contribution >= 4 is 16.8 Å². The molecular formula is C25H23N3O. The second-order valence-corrected chi connectivity index (χ2v) is 7.41. The maximum absolute atomic E-state index is 13.4. The van der Waals surface area contributed by atoms with Gasteiger partial charge in [-0.3, -0.25) is 9.78 Å². The highest BCUT2D eigenvalue weighted by Crippen LogP contribution is 2.26. The normalized spacial score (nSPS) is 10.9. The average molecular weight is 381 g/mol. The lowest BCUT2D eigenvalue weighted by Gasteiger charge is -2.20. The van der Waals surface area contributed by atoms with Gasteiger partial charge in [0.15, 0.2) is 0 Å². The lowest BCUT2D eigenvalue weighted by atomic mass is 10.0. The number of carbonyl (C=O) groups is 1. The first-order valence-corrected chi connectivity index (χ1v) is 9.65. The van der Waals surface area contributed by atoms with E-state index in [0.29, 0.717) is 12.1 Å². The topological polar surface area (TPSA) is 46.1 Å². The molecule has 0 spiro atoms. The van der Waals surface area contributed by atoms with Gasteiger partial charge in [-0.2, -0.15) is 0 Å². The molecular weight excluding hydrogens is 358 g/mol. The van der Waals surface area contributed by atoms with Crippen LogP contribution in [-0.2, 0) is 6.54 Å². The van der Waals surface area contributed by atoms with Crippen LogP contribution in [0.1, 0.15) is 27.0 Å². The molecule has 4 aromatic rings. The van der Waals surface area contributed by atoms with Crippen molar-refractivity contribution in [1.29, 1.82) is 0 Å². The fraction of sp³-hybridized carbons (Fsp3) is 0.160. The van der Waals surface area contributed by atoms with E-state index in [1.807, 2.05) is 49.5 Å². The molecule has 1 amide bonds. The highest BCUT2D eigenvalue weighted by Gasteiger charge is 2.18. The van der Waals surface area contributed by atoms with Crippen molar-refractivity contribution in [2.75, 3.05) is 7.05 Å². The van der Waals surface area contributed by atoms with Gasteiger partial charge in [-0.25, -0.2) is 4.98 Å². The molecule has 0 N–H and O–H groups in total. The van der Waals surface area contributed by atoms with E-state index in [0.717, 1.165) is 27.7 Å². The second-order valence-electron chi connectivity index (χ2n) is 7.41. The number of hydrogen-bond acceptors (Lipinski definition) is 3. The van der Waals surface area contributed by atoms with Gasteiger partial charge >= 0.3 is 0 Å². The molecule has 0 aliphatic heterocycles. The number of hydrogen-bond donors (Lipinski definition) is 0. The summed E-state index contributed by atoms with van der Waals surface area (Å²) in [5, 5.41) is 0.859. The van der Waals surface area contributed by atoms with Crippen molar-refractivity contribution in [1.82, 2.24) is 14.9 Å². The molecule has 0 atom stereocenters. The molecule has 2 heterocycles. The van der Waals surface area contributed by atoms with Gasteiger partial charge in [-0.15, -0.1) is 0 Å². The van der Waals surface area contributed by atoms with Gasteiger partial charge in [-0.1, -0.05) is 42.0 Å². The smallest absolute Gasteiger partial charge is 0.254 e. The molecule has 0 saturated heterocycles. The summed E-state index contributed by atoms with van der Waals surface area (Å²) in [4.78, 5) is 24.1. The molecule has 0 radical (unpaired) electrons. The van der Waals surface area contributed by atoms with Gasteiger partial charge in [0.05, 0.1) is 16.8 Å². The molecule has 4 nitrogen and oxygen atoms in total. The monoisotopic (exact) mass is 381 g/mol. The van der Waals surface area contributed by atoms with E-state index in [9.17, 15) is 4.79 Å². The summed E-state index contributed by atoms with van der Waals surface area (Å²) in [5.41, 5.74) is 6.67. The van der Waals surface area contributed by atoms with Gasteiger partial charge in [0, 0.05) is 36.9 Å². The Morgan fingerprint density at radius 1 is 1.00 bits per heavy atom. The third kappa shape index (κ3) is 3.87. The highest BCUT2D eigenvalue weighted by molar-refractivity contribution is 6.07. The van der Waals surface area contributed by atoms with Crippen LogP contribution in [-0.4, -0.2) is 27.8 Å². The molecule has 0 fully saturated rings. The summed E-state index contributed by atoms with van der Waals surface area (Å²) in [6.07, 6.45) is 3.50. The van der Waals surface area contributed by atoms with Gasteiger partial charge in [-0.05, 0) is 49.2 Å². The number of benzene rings is 2. The Labute approximate surface area is 170 Å². The largest absolute Gasteiger partial charge is 0.337 e. The number of para-hydroxylation sites is 1. The SMILES string of the molecule is Cc1ccc(CN(C)C(=O)c2cc(-c3cccnc3)nc3ccccc23)c(C)c1. The van der Waals surface area contributed by atoms with Gasteiger partial charge in [0.1, 0.15) is 0 Å². The number of rotatable bonds is 4. The highest BCUT2D eigenvalue weighted by atomic mass is 16.2. The first kappa shape index (κ1) is 18.8. The molecule has 0 bridgehead atoms. The van der Waals surface area contributed by atoms with Crippen LogP contribution in [0.5, 0.6) is 0 Å². The fourth-order valence-corrected chi connectivity index (χ4v) is 3.57. The van der Waals surface area contributed by atoms with E-state index >= 15 is 0 Å². The zero-order chi connectivity index (χ0) is 20.4. The summed E-state index contributed by atoms with van der Waals surface area (Å²) >= 11 is 0. The quantitative estimate of drug-likeness (QED) is 0.489. The molecule has 4 rings (SSSR count). The molecule has 2 aromatic carbocycles. The summed E-state index contributed by atoms with van der Waals surface area (Å²) in [7, 11) is 1.85. The second kappa shape index (κ2) is 7.84. The first-order chi connectivity index (χ1) is 14.0. The first-order valence-electron chi connectivity index (χ1n) is 9.65. The van der Waals surface area contributed by atoms with Crippen LogP contribution >= 0.6 is 0 Å². The lowest BCUT2D eigenvalue weighted by Crippen LogP contribution is -2.27. The van der Waals surface area contributed by atoms with Crippen LogP contribution in [0.15, 0.2) is 73.1 Å². The Morgan fingerprint density at radius 3 is 2.59 bits per heavy atom. The molecule has 29 heavy (non-hydrogen) atoms. The van der Waals surface area contributed by atoms with E-state index in [-0.39, 0.29) is 5.91 Å². The maximum Gasteiger partial charge on any atom is 0.254 e. The van der Waals surface area contributed by atoms with E-state index in [4.69, 9.17) is 4.98 Å². The standard InChI is InChI=1S/C25H23N3O/c1-17-10-11-20(18(2)13-17)16-28(3)25(29)22-14-24(19-7-6-12-26-15-19)27-23-9-5-4-8-21(22)23/h4-15H,16H2,1-3H3. The Morgan fingerprint density at radius 2 is 1.83 bits per heavy atom. The molecule has 0 aliphatic rings. The third-order valence-electron chi connectivity index (χ3n) is 5.16. The minimum Gasteiger partial charge on any atom is -0.337 e. The van der Waals surface area contributed by atoms with Crippen molar-refractivity contribution < 1.29 is 4.79 Å². The predicted octanol–water partition coefficient (Wildman–Crippen LogP) is 5.19. The number of fused-ring (bicyclic) bond motifs is 1. The number of aryl methyl sites for hydroxylation is 2. The summed E-state index contributed by atoms with van der Waals surface area (Å²) in [6.45, 7) is 4.72. The van der Waals surface area contributed by atoms with Crippen molar-refractivity contribution in [2.24, 2.45) is 0 Å². The number of amides is 1. The zero-order valence-corrected chi connectivity index (χ0v) is 16.9. The Balaban J connectivity index is 1.74. The Hall–Kier alpha value is -3.53. The van der Waals surface area contributed by atoms with Crippen LogP contribution in [0, 0.1) is 13.8 Å².